The molecule has 2 aliphatic rings. The lowest BCUT2D eigenvalue weighted by molar-refractivity contribution is -0.100. The highest BCUT2D eigenvalue weighted by Crippen LogP contribution is 2.37. The zero-order valence-corrected chi connectivity index (χ0v) is 17.0. The first-order chi connectivity index (χ1) is 11.5. The molecule has 4 atom stereocenters. The molecule has 1 aliphatic heterocycles. The lowest BCUT2D eigenvalue weighted by atomic mass is 9.80. The third kappa shape index (κ3) is 4.57. The summed E-state index contributed by atoms with van der Waals surface area (Å²) in [6, 6.07) is 4.78. The van der Waals surface area contributed by atoms with Gasteiger partial charge in [-0.15, -0.1) is 0 Å². The molecule has 0 radical (unpaired) electrons. The van der Waals surface area contributed by atoms with E-state index in [4.69, 9.17) is 32.7 Å². The molecule has 132 valence electrons. The van der Waals surface area contributed by atoms with Crippen LogP contribution in [0.25, 0.3) is 0 Å². The van der Waals surface area contributed by atoms with Gasteiger partial charge in [-0.1, -0.05) is 58.6 Å². The van der Waals surface area contributed by atoms with Crippen LogP contribution in [0.1, 0.15) is 48.9 Å². The molecule has 3 nitrogen and oxygen atoms in total. The molecule has 0 aromatic heterocycles. The van der Waals surface area contributed by atoms with Gasteiger partial charge in [-0.2, -0.15) is 0 Å². The number of benzene rings is 1. The summed E-state index contributed by atoms with van der Waals surface area (Å²) in [5, 5.41) is 0.817. The number of esters is 1. The maximum absolute atomic E-state index is 12.2. The van der Waals surface area contributed by atoms with Crippen molar-refractivity contribution in [3.8, 4) is 0 Å². The molecule has 1 aromatic carbocycles. The molecule has 1 saturated carbocycles. The second-order valence-electron chi connectivity index (χ2n) is 6.57. The standard InChI is InChI=1S/C18H21Cl2IO3/c19-12-6-7-13(14(20)9-12)18(22)23-10-15(21)17-8-5-11-3-1-2-4-16(11)24-17/h6-7,9,11,15-17H,1-5,8,10H2/t11-,15+,16+,17?/m1/s1. The molecule has 1 saturated heterocycles. The van der Waals surface area contributed by atoms with Crippen LogP contribution >= 0.6 is 45.8 Å². The van der Waals surface area contributed by atoms with Crippen molar-refractivity contribution in [2.75, 3.05) is 6.61 Å². The quantitative estimate of drug-likeness (QED) is 0.314. The van der Waals surface area contributed by atoms with E-state index in [1.165, 1.54) is 32.1 Å². The van der Waals surface area contributed by atoms with Gasteiger partial charge in [0, 0.05) is 5.02 Å². The van der Waals surface area contributed by atoms with E-state index in [1.54, 1.807) is 18.2 Å². The maximum atomic E-state index is 12.2. The topological polar surface area (TPSA) is 35.5 Å². The van der Waals surface area contributed by atoms with Gasteiger partial charge in [-0.3, -0.25) is 0 Å². The molecule has 2 fully saturated rings. The summed E-state index contributed by atoms with van der Waals surface area (Å²) >= 11 is 14.2. The third-order valence-corrected chi connectivity index (χ3v) is 6.65. The molecule has 0 amide bonds. The number of alkyl halides is 1. The first-order valence-corrected chi connectivity index (χ1v) is 10.5. The minimum absolute atomic E-state index is 0.153. The Morgan fingerprint density at radius 3 is 2.83 bits per heavy atom. The van der Waals surface area contributed by atoms with E-state index in [-0.39, 0.29) is 10.0 Å². The average Bonchev–Trinajstić information content (AvgIpc) is 2.59. The zero-order valence-electron chi connectivity index (χ0n) is 13.3. The van der Waals surface area contributed by atoms with Crippen LogP contribution in [0.3, 0.4) is 0 Å². The predicted octanol–water partition coefficient (Wildman–Crippen LogP) is 5.69. The van der Waals surface area contributed by atoms with Gasteiger partial charge in [0.2, 0.25) is 0 Å². The summed E-state index contributed by atoms with van der Waals surface area (Å²) in [5.74, 6) is 0.318. The Labute approximate surface area is 166 Å². The minimum atomic E-state index is -0.412. The van der Waals surface area contributed by atoms with Crippen molar-refractivity contribution in [1.82, 2.24) is 0 Å². The number of halogens is 3. The lowest BCUT2D eigenvalue weighted by Crippen LogP contribution is -2.42. The van der Waals surface area contributed by atoms with Crippen LogP contribution in [0.15, 0.2) is 18.2 Å². The van der Waals surface area contributed by atoms with Crippen LogP contribution in [0.2, 0.25) is 10.0 Å². The molecule has 0 bridgehead atoms. The van der Waals surface area contributed by atoms with Gasteiger partial charge in [-0.25, -0.2) is 4.79 Å². The number of rotatable bonds is 4. The molecular formula is C18H21Cl2IO3. The molecule has 24 heavy (non-hydrogen) atoms. The Kier molecular flexibility index (Phi) is 6.69. The Balaban J connectivity index is 1.51. The highest BCUT2D eigenvalue weighted by atomic mass is 127. The van der Waals surface area contributed by atoms with E-state index < -0.39 is 5.97 Å². The SMILES string of the molecule is O=C(OC[C@H](I)C1CC[C@H]2CCCC[C@@H]2O1)c1ccc(Cl)cc1Cl. The van der Waals surface area contributed by atoms with E-state index in [0.717, 1.165) is 12.3 Å². The Morgan fingerprint density at radius 1 is 1.25 bits per heavy atom. The van der Waals surface area contributed by atoms with E-state index in [1.807, 2.05) is 0 Å². The van der Waals surface area contributed by atoms with Crippen molar-refractivity contribution < 1.29 is 14.3 Å². The van der Waals surface area contributed by atoms with Crippen LogP contribution in [0.5, 0.6) is 0 Å². The molecule has 1 unspecified atom stereocenters. The van der Waals surface area contributed by atoms with Crippen molar-refractivity contribution in [2.24, 2.45) is 5.92 Å². The Hall–Kier alpha value is -0.0400. The van der Waals surface area contributed by atoms with E-state index >= 15 is 0 Å². The van der Waals surface area contributed by atoms with E-state index in [9.17, 15) is 4.79 Å². The van der Waals surface area contributed by atoms with Gasteiger partial charge in [0.05, 0.1) is 26.7 Å². The molecule has 1 heterocycles. The van der Waals surface area contributed by atoms with E-state index in [2.05, 4.69) is 22.6 Å². The molecule has 3 rings (SSSR count). The summed E-state index contributed by atoms with van der Waals surface area (Å²) in [4.78, 5) is 12.2. The Bertz CT molecular complexity index is 596. The number of hydrogen-bond donors (Lipinski definition) is 0. The minimum Gasteiger partial charge on any atom is -0.461 e. The smallest absolute Gasteiger partial charge is 0.339 e. The lowest BCUT2D eigenvalue weighted by Gasteiger charge is -2.40. The largest absolute Gasteiger partial charge is 0.461 e. The summed E-state index contributed by atoms with van der Waals surface area (Å²) in [7, 11) is 0. The van der Waals surface area contributed by atoms with Crippen LogP contribution in [0, 0.1) is 5.92 Å². The number of fused-ring (bicyclic) bond motifs is 1. The van der Waals surface area contributed by atoms with Crippen LogP contribution in [-0.4, -0.2) is 28.7 Å². The van der Waals surface area contributed by atoms with Gasteiger partial charge in [0.25, 0.3) is 0 Å². The third-order valence-electron chi connectivity index (χ3n) is 4.94. The van der Waals surface area contributed by atoms with Gasteiger partial charge >= 0.3 is 5.97 Å². The second-order valence-corrected chi connectivity index (χ2v) is 9.02. The summed E-state index contributed by atoms with van der Waals surface area (Å²) < 4.78 is 11.9. The van der Waals surface area contributed by atoms with Crippen molar-refractivity contribution in [3.05, 3.63) is 33.8 Å². The fourth-order valence-electron chi connectivity index (χ4n) is 3.62. The van der Waals surface area contributed by atoms with Crippen LogP contribution < -0.4 is 0 Å². The molecule has 0 N–H and O–H groups in total. The van der Waals surface area contributed by atoms with Crippen molar-refractivity contribution in [2.45, 2.75) is 54.7 Å². The van der Waals surface area contributed by atoms with Gasteiger partial charge in [-0.05, 0) is 49.8 Å². The molecule has 1 aromatic rings. The zero-order chi connectivity index (χ0) is 17.1. The number of carbonyl (C=O) groups is 1. The number of ether oxygens (including phenoxy) is 2. The van der Waals surface area contributed by atoms with Crippen molar-refractivity contribution in [3.63, 3.8) is 0 Å². The van der Waals surface area contributed by atoms with E-state index in [0.29, 0.717) is 28.3 Å². The molecule has 1 aliphatic carbocycles. The van der Waals surface area contributed by atoms with Gasteiger partial charge in [0.15, 0.2) is 0 Å². The van der Waals surface area contributed by atoms with Crippen LogP contribution in [0.4, 0.5) is 0 Å². The Morgan fingerprint density at radius 2 is 2.04 bits per heavy atom. The summed E-state index contributed by atoms with van der Waals surface area (Å²) in [6.45, 7) is 0.334. The van der Waals surface area contributed by atoms with Crippen molar-refractivity contribution >= 4 is 51.8 Å². The average molecular weight is 483 g/mol. The monoisotopic (exact) mass is 482 g/mol. The summed E-state index contributed by atoms with van der Waals surface area (Å²) in [6.07, 6.45) is 7.92. The normalized spacial score (nSPS) is 28.0. The fourth-order valence-corrected chi connectivity index (χ4v) is 4.81. The molecular weight excluding hydrogens is 462 g/mol. The van der Waals surface area contributed by atoms with Crippen LogP contribution in [-0.2, 0) is 9.47 Å². The first kappa shape index (κ1) is 18.7. The summed E-state index contributed by atoms with van der Waals surface area (Å²) in [5.41, 5.74) is 0.349. The fraction of sp³-hybridized carbons (Fsp3) is 0.611. The highest BCUT2D eigenvalue weighted by Gasteiger charge is 2.35. The van der Waals surface area contributed by atoms with Gasteiger partial charge < -0.3 is 9.47 Å². The molecule has 0 spiro atoms. The maximum Gasteiger partial charge on any atom is 0.339 e. The number of carbonyl (C=O) groups excluding carboxylic acids is 1. The highest BCUT2D eigenvalue weighted by molar-refractivity contribution is 14.1. The predicted molar refractivity (Wildman–Crippen MR) is 104 cm³/mol. The van der Waals surface area contributed by atoms with Gasteiger partial charge in [0.1, 0.15) is 6.61 Å². The molecule has 6 heteroatoms. The number of hydrogen-bond acceptors (Lipinski definition) is 3. The van der Waals surface area contributed by atoms with Crippen molar-refractivity contribution in [1.29, 1.82) is 0 Å². The first-order valence-electron chi connectivity index (χ1n) is 8.46. The second kappa shape index (κ2) is 8.56.